The molecule has 1 saturated carbocycles. The van der Waals surface area contributed by atoms with Crippen LogP contribution in [0.15, 0.2) is 18.7 Å². The van der Waals surface area contributed by atoms with E-state index in [2.05, 4.69) is 13.5 Å². The SMILES string of the molecule is C=CCc1cc(C)c2c(c1O)C(=O)C1CCCCC21. The van der Waals surface area contributed by atoms with E-state index in [1.807, 2.05) is 6.07 Å². The Labute approximate surface area is 114 Å². The number of aromatic hydroxyl groups is 1. The number of phenols is 1. The Kier molecular flexibility index (Phi) is 2.96. The molecule has 0 heterocycles. The molecule has 0 aromatic heterocycles. The molecule has 2 atom stereocenters. The van der Waals surface area contributed by atoms with E-state index in [0.29, 0.717) is 17.9 Å². The zero-order valence-electron chi connectivity index (χ0n) is 11.4. The van der Waals surface area contributed by atoms with Gasteiger partial charge in [-0.1, -0.05) is 25.0 Å². The van der Waals surface area contributed by atoms with Gasteiger partial charge >= 0.3 is 0 Å². The molecule has 1 aromatic rings. The molecule has 1 N–H and O–H groups in total. The third-order valence-electron chi connectivity index (χ3n) is 4.71. The number of allylic oxidation sites excluding steroid dienone is 1. The van der Waals surface area contributed by atoms with Crippen LogP contribution >= 0.6 is 0 Å². The van der Waals surface area contributed by atoms with Crippen LogP contribution in [-0.4, -0.2) is 10.9 Å². The number of hydrogen-bond acceptors (Lipinski definition) is 2. The van der Waals surface area contributed by atoms with Crippen molar-refractivity contribution in [3.8, 4) is 5.75 Å². The zero-order valence-corrected chi connectivity index (χ0v) is 11.4. The molecule has 0 aliphatic heterocycles. The number of aryl methyl sites for hydroxylation is 1. The first-order valence-electron chi connectivity index (χ1n) is 7.15. The van der Waals surface area contributed by atoms with Crippen LogP contribution in [0.1, 0.15) is 58.6 Å². The molecule has 0 bridgehead atoms. The molecule has 0 spiro atoms. The lowest BCUT2D eigenvalue weighted by Gasteiger charge is -2.25. The molecule has 2 aliphatic carbocycles. The van der Waals surface area contributed by atoms with Crippen LogP contribution in [0, 0.1) is 12.8 Å². The molecule has 2 heteroatoms. The van der Waals surface area contributed by atoms with Gasteiger partial charge in [-0.05, 0) is 48.8 Å². The maximum atomic E-state index is 12.6. The number of ketones is 1. The van der Waals surface area contributed by atoms with Gasteiger partial charge in [0.1, 0.15) is 5.75 Å². The van der Waals surface area contributed by atoms with Gasteiger partial charge in [0.15, 0.2) is 5.78 Å². The van der Waals surface area contributed by atoms with E-state index in [-0.39, 0.29) is 17.5 Å². The van der Waals surface area contributed by atoms with E-state index >= 15 is 0 Å². The van der Waals surface area contributed by atoms with E-state index < -0.39 is 0 Å². The summed E-state index contributed by atoms with van der Waals surface area (Å²) in [4.78, 5) is 12.6. The van der Waals surface area contributed by atoms with Crippen molar-refractivity contribution in [2.24, 2.45) is 5.92 Å². The summed E-state index contributed by atoms with van der Waals surface area (Å²) in [5.41, 5.74) is 3.74. The fraction of sp³-hybridized carbons (Fsp3) is 0.471. The van der Waals surface area contributed by atoms with E-state index in [0.717, 1.165) is 36.0 Å². The Bertz CT molecular complexity index is 557. The number of hydrogen-bond donors (Lipinski definition) is 1. The van der Waals surface area contributed by atoms with Gasteiger partial charge in [0.05, 0.1) is 5.56 Å². The van der Waals surface area contributed by atoms with Crippen LogP contribution in [0.4, 0.5) is 0 Å². The molecule has 1 aromatic carbocycles. The number of carbonyl (C=O) groups is 1. The van der Waals surface area contributed by atoms with Crippen molar-refractivity contribution in [3.05, 3.63) is 41.0 Å². The van der Waals surface area contributed by atoms with Gasteiger partial charge in [-0.3, -0.25) is 4.79 Å². The Hall–Kier alpha value is -1.57. The first-order valence-corrected chi connectivity index (χ1v) is 7.15. The monoisotopic (exact) mass is 256 g/mol. The number of Topliss-reactive ketones (excluding diaryl/α,β-unsaturated/α-hetero) is 1. The molecular weight excluding hydrogens is 236 g/mol. The zero-order chi connectivity index (χ0) is 13.6. The molecule has 19 heavy (non-hydrogen) atoms. The fourth-order valence-corrected chi connectivity index (χ4v) is 3.91. The maximum absolute atomic E-state index is 12.6. The molecule has 2 aliphatic rings. The Morgan fingerprint density at radius 2 is 2.05 bits per heavy atom. The third-order valence-corrected chi connectivity index (χ3v) is 4.71. The number of benzene rings is 1. The summed E-state index contributed by atoms with van der Waals surface area (Å²) in [5, 5.41) is 10.4. The van der Waals surface area contributed by atoms with Crippen LogP contribution < -0.4 is 0 Å². The Balaban J connectivity index is 2.18. The Morgan fingerprint density at radius 3 is 2.74 bits per heavy atom. The molecular formula is C17H20O2. The van der Waals surface area contributed by atoms with Crippen LogP contribution in [-0.2, 0) is 6.42 Å². The number of carbonyl (C=O) groups excluding carboxylic acids is 1. The average Bonchev–Trinajstić information content (AvgIpc) is 2.71. The van der Waals surface area contributed by atoms with Crippen LogP contribution in [0.5, 0.6) is 5.75 Å². The molecule has 0 amide bonds. The van der Waals surface area contributed by atoms with Crippen molar-refractivity contribution in [3.63, 3.8) is 0 Å². The lowest BCUT2D eigenvalue weighted by atomic mass is 9.78. The van der Waals surface area contributed by atoms with Crippen molar-refractivity contribution in [2.45, 2.75) is 44.9 Å². The summed E-state index contributed by atoms with van der Waals surface area (Å²) in [5.74, 6) is 0.846. The summed E-state index contributed by atoms with van der Waals surface area (Å²) in [6.45, 7) is 5.78. The first-order chi connectivity index (χ1) is 9.15. The highest BCUT2D eigenvalue weighted by Gasteiger charge is 2.43. The van der Waals surface area contributed by atoms with Crippen molar-refractivity contribution in [2.75, 3.05) is 0 Å². The lowest BCUT2D eigenvalue weighted by molar-refractivity contribution is 0.0896. The molecule has 100 valence electrons. The van der Waals surface area contributed by atoms with Gasteiger partial charge in [-0.2, -0.15) is 0 Å². The van der Waals surface area contributed by atoms with Gasteiger partial charge in [0, 0.05) is 5.92 Å². The van der Waals surface area contributed by atoms with E-state index in [1.165, 1.54) is 6.42 Å². The minimum absolute atomic E-state index is 0.118. The lowest BCUT2D eigenvalue weighted by Crippen LogP contribution is -2.17. The smallest absolute Gasteiger partial charge is 0.170 e. The van der Waals surface area contributed by atoms with Crippen molar-refractivity contribution < 1.29 is 9.90 Å². The Morgan fingerprint density at radius 1 is 1.37 bits per heavy atom. The van der Waals surface area contributed by atoms with Gasteiger partial charge in [-0.25, -0.2) is 0 Å². The highest BCUT2D eigenvalue weighted by molar-refractivity contribution is 6.06. The maximum Gasteiger partial charge on any atom is 0.170 e. The van der Waals surface area contributed by atoms with Gasteiger partial charge in [-0.15, -0.1) is 6.58 Å². The molecule has 1 fully saturated rings. The average molecular weight is 256 g/mol. The summed E-state index contributed by atoms with van der Waals surface area (Å²) < 4.78 is 0. The second-order valence-corrected chi connectivity index (χ2v) is 5.84. The number of fused-ring (bicyclic) bond motifs is 3. The minimum Gasteiger partial charge on any atom is -0.507 e. The predicted octanol–water partition coefficient (Wildman–Crippen LogP) is 3.90. The summed E-state index contributed by atoms with van der Waals surface area (Å²) in [6.07, 6.45) is 6.79. The normalized spacial score (nSPS) is 25.0. The van der Waals surface area contributed by atoms with Crippen molar-refractivity contribution >= 4 is 5.78 Å². The summed E-state index contributed by atoms with van der Waals surface area (Å²) in [7, 11) is 0. The fourth-order valence-electron chi connectivity index (χ4n) is 3.91. The molecule has 3 rings (SSSR count). The second-order valence-electron chi connectivity index (χ2n) is 5.84. The molecule has 2 nitrogen and oxygen atoms in total. The van der Waals surface area contributed by atoms with Crippen molar-refractivity contribution in [1.82, 2.24) is 0 Å². The van der Waals surface area contributed by atoms with Gasteiger partial charge in [0.2, 0.25) is 0 Å². The second kappa shape index (κ2) is 4.52. The number of phenolic OH excluding ortho intramolecular Hbond substituents is 1. The largest absolute Gasteiger partial charge is 0.507 e. The highest BCUT2D eigenvalue weighted by Crippen LogP contribution is 2.50. The molecule has 0 radical (unpaired) electrons. The van der Waals surface area contributed by atoms with Gasteiger partial charge in [0.25, 0.3) is 0 Å². The predicted molar refractivity (Wildman–Crippen MR) is 75.8 cm³/mol. The molecule has 2 unspecified atom stereocenters. The third kappa shape index (κ3) is 1.73. The van der Waals surface area contributed by atoms with Crippen LogP contribution in [0.3, 0.4) is 0 Å². The minimum atomic E-state index is 0.118. The highest BCUT2D eigenvalue weighted by atomic mass is 16.3. The van der Waals surface area contributed by atoms with Crippen LogP contribution in [0.2, 0.25) is 0 Å². The van der Waals surface area contributed by atoms with Crippen LogP contribution in [0.25, 0.3) is 0 Å². The summed E-state index contributed by atoms with van der Waals surface area (Å²) in [6, 6.07) is 2.03. The van der Waals surface area contributed by atoms with E-state index in [4.69, 9.17) is 0 Å². The molecule has 0 saturated heterocycles. The summed E-state index contributed by atoms with van der Waals surface area (Å²) >= 11 is 0. The first kappa shape index (κ1) is 12.5. The van der Waals surface area contributed by atoms with E-state index in [1.54, 1.807) is 6.08 Å². The standard InChI is InChI=1S/C17H20O2/c1-3-6-11-9-10(2)14-12-7-4-5-8-13(12)17(19)15(14)16(11)18/h3,9,12-13,18H,1,4-8H2,2H3. The van der Waals surface area contributed by atoms with Gasteiger partial charge < -0.3 is 5.11 Å². The quantitative estimate of drug-likeness (QED) is 0.815. The van der Waals surface area contributed by atoms with E-state index in [9.17, 15) is 9.90 Å². The van der Waals surface area contributed by atoms with Crippen molar-refractivity contribution in [1.29, 1.82) is 0 Å². The number of rotatable bonds is 2. The topological polar surface area (TPSA) is 37.3 Å².